The van der Waals surface area contributed by atoms with Gasteiger partial charge in [0.2, 0.25) is 5.91 Å². The summed E-state index contributed by atoms with van der Waals surface area (Å²) in [6.45, 7) is 4.92. The molecular formula is C73H141NO5. The number of unbranched alkanes of at least 4 members (excludes halogenated alkanes) is 53. The second-order valence-electron chi connectivity index (χ2n) is 24.9. The second-order valence-corrected chi connectivity index (χ2v) is 24.9. The molecule has 0 spiro atoms. The highest BCUT2D eigenvalue weighted by Gasteiger charge is 2.20. The predicted molar refractivity (Wildman–Crippen MR) is 347 cm³/mol. The molecule has 0 fully saturated rings. The van der Waals surface area contributed by atoms with E-state index in [2.05, 4.69) is 43.5 Å². The van der Waals surface area contributed by atoms with Gasteiger partial charge in [-0.05, 0) is 51.4 Å². The molecule has 0 radical (unpaired) electrons. The maximum Gasteiger partial charge on any atom is 0.305 e. The highest BCUT2D eigenvalue weighted by Crippen LogP contribution is 2.19. The van der Waals surface area contributed by atoms with E-state index < -0.39 is 12.1 Å². The fourth-order valence-corrected chi connectivity index (χ4v) is 11.5. The predicted octanol–water partition coefficient (Wildman–Crippen LogP) is 23.3. The molecule has 0 aliphatic carbocycles. The fourth-order valence-electron chi connectivity index (χ4n) is 11.5. The lowest BCUT2D eigenvalue weighted by molar-refractivity contribution is -0.143. The third kappa shape index (κ3) is 65.4. The summed E-state index contributed by atoms with van der Waals surface area (Å²) in [4.78, 5) is 24.6. The van der Waals surface area contributed by atoms with Crippen LogP contribution in [0.25, 0.3) is 0 Å². The van der Waals surface area contributed by atoms with E-state index in [0.717, 1.165) is 51.4 Å². The van der Waals surface area contributed by atoms with Crippen LogP contribution in [0.5, 0.6) is 0 Å². The van der Waals surface area contributed by atoms with Gasteiger partial charge in [0.25, 0.3) is 0 Å². The van der Waals surface area contributed by atoms with Gasteiger partial charge < -0.3 is 20.3 Å². The van der Waals surface area contributed by atoms with Crippen molar-refractivity contribution in [3.8, 4) is 0 Å². The number of rotatable bonds is 68. The highest BCUT2D eigenvalue weighted by atomic mass is 16.5. The number of esters is 1. The van der Waals surface area contributed by atoms with Crippen molar-refractivity contribution in [3.63, 3.8) is 0 Å². The van der Waals surface area contributed by atoms with Crippen molar-refractivity contribution in [2.75, 3.05) is 13.2 Å². The van der Waals surface area contributed by atoms with Crippen LogP contribution in [0.1, 0.15) is 406 Å². The first-order valence-electron chi connectivity index (χ1n) is 36.1. The van der Waals surface area contributed by atoms with E-state index in [4.69, 9.17) is 4.74 Å². The van der Waals surface area contributed by atoms with E-state index in [9.17, 15) is 19.8 Å². The molecule has 0 aliphatic heterocycles. The zero-order valence-electron chi connectivity index (χ0n) is 53.6. The number of hydrogen-bond donors (Lipinski definition) is 3. The van der Waals surface area contributed by atoms with Crippen LogP contribution >= 0.6 is 0 Å². The van der Waals surface area contributed by atoms with Crippen LogP contribution in [0.3, 0.4) is 0 Å². The lowest BCUT2D eigenvalue weighted by Gasteiger charge is -2.22. The summed E-state index contributed by atoms with van der Waals surface area (Å²) in [5.41, 5.74) is 0. The van der Waals surface area contributed by atoms with Gasteiger partial charge in [-0.25, -0.2) is 0 Å². The second kappa shape index (κ2) is 68.8. The molecule has 0 rings (SSSR count). The van der Waals surface area contributed by atoms with Crippen molar-refractivity contribution >= 4 is 11.9 Å². The average Bonchev–Trinajstić information content (AvgIpc) is 3.45. The van der Waals surface area contributed by atoms with Gasteiger partial charge in [0.1, 0.15) is 0 Å². The van der Waals surface area contributed by atoms with Crippen molar-refractivity contribution in [3.05, 3.63) is 24.3 Å². The van der Waals surface area contributed by atoms with Gasteiger partial charge in [-0.15, -0.1) is 0 Å². The molecule has 6 heteroatoms. The molecular weight excluding hydrogens is 971 g/mol. The quantitative estimate of drug-likeness (QED) is 0.0320. The van der Waals surface area contributed by atoms with Crippen LogP contribution in [-0.2, 0) is 14.3 Å². The Bertz CT molecular complexity index is 1230. The topological polar surface area (TPSA) is 95.9 Å². The standard InChI is InChI=1S/C73H141NO5/c1-3-5-7-9-11-13-15-17-18-19-32-35-38-42-45-49-53-57-61-65-71(76)70(69-75)74-72(77)66-62-58-54-50-46-43-39-36-33-30-28-26-24-22-20-21-23-25-27-29-31-34-37-40-44-48-52-56-60-64-68-79-73(78)67-63-59-55-51-47-41-16-14-12-10-8-6-4-2/h8,10,14,16,70-71,75-76H,3-7,9,11-13,15,17-69H2,1-2H3,(H,74,77)/b10-8-,16-14-. The monoisotopic (exact) mass is 1110 g/mol. The Hall–Kier alpha value is -1.66. The van der Waals surface area contributed by atoms with Gasteiger partial charge in [0.15, 0.2) is 0 Å². The Balaban J connectivity index is 3.34. The average molecular weight is 1110 g/mol. The van der Waals surface area contributed by atoms with Crippen molar-refractivity contribution in [1.82, 2.24) is 5.32 Å². The van der Waals surface area contributed by atoms with Crippen LogP contribution in [0.15, 0.2) is 24.3 Å². The minimum absolute atomic E-state index is 0.00534. The number of carbonyl (C=O) groups is 2. The lowest BCUT2D eigenvalue weighted by Crippen LogP contribution is -2.45. The number of ether oxygens (including phenoxy) is 1. The molecule has 2 unspecified atom stereocenters. The van der Waals surface area contributed by atoms with Gasteiger partial charge in [-0.2, -0.15) is 0 Å². The molecule has 3 N–H and O–H groups in total. The first-order chi connectivity index (χ1) is 39.0. The lowest BCUT2D eigenvalue weighted by atomic mass is 10.0. The van der Waals surface area contributed by atoms with Crippen LogP contribution in [0, 0.1) is 0 Å². The molecule has 0 saturated carbocycles. The Morgan fingerprint density at radius 1 is 0.354 bits per heavy atom. The maximum atomic E-state index is 12.5. The van der Waals surface area contributed by atoms with Crippen molar-refractivity contribution in [2.45, 2.75) is 418 Å². The largest absolute Gasteiger partial charge is 0.466 e. The van der Waals surface area contributed by atoms with Crippen molar-refractivity contribution in [2.24, 2.45) is 0 Å². The third-order valence-electron chi connectivity index (χ3n) is 17.0. The van der Waals surface area contributed by atoms with E-state index in [1.165, 1.54) is 321 Å². The summed E-state index contributed by atoms with van der Waals surface area (Å²) >= 11 is 0. The SMILES string of the molecule is CCC/C=C\C/C=C\CCCCCCCC(=O)OCCCCCCCCCCCCCCCCCCCCCCCCCCCCCCCCC(=O)NC(CO)C(O)CCCCCCCCCCCCCCCCCCCCC. The molecule has 79 heavy (non-hydrogen) atoms. The van der Waals surface area contributed by atoms with E-state index in [1.807, 2.05) is 0 Å². The maximum absolute atomic E-state index is 12.5. The van der Waals surface area contributed by atoms with Crippen LogP contribution in [-0.4, -0.2) is 47.4 Å². The molecule has 0 aromatic rings. The van der Waals surface area contributed by atoms with E-state index in [-0.39, 0.29) is 18.5 Å². The first kappa shape index (κ1) is 77.3. The van der Waals surface area contributed by atoms with Gasteiger partial charge in [-0.1, -0.05) is 366 Å². The fraction of sp³-hybridized carbons (Fsp3) is 0.918. The first-order valence-corrected chi connectivity index (χ1v) is 36.1. The van der Waals surface area contributed by atoms with Crippen LogP contribution in [0.4, 0.5) is 0 Å². The van der Waals surface area contributed by atoms with E-state index in [0.29, 0.717) is 25.9 Å². The van der Waals surface area contributed by atoms with Gasteiger partial charge >= 0.3 is 5.97 Å². The summed E-state index contributed by atoms with van der Waals surface area (Å²) in [7, 11) is 0. The van der Waals surface area contributed by atoms with Gasteiger partial charge in [0.05, 0.1) is 25.4 Å². The Labute approximate surface area is 494 Å². The number of amides is 1. The number of carbonyl (C=O) groups excluding carboxylic acids is 2. The van der Waals surface area contributed by atoms with Gasteiger partial charge in [-0.3, -0.25) is 9.59 Å². The molecule has 0 saturated heterocycles. The number of hydrogen-bond acceptors (Lipinski definition) is 5. The van der Waals surface area contributed by atoms with Gasteiger partial charge in [0, 0.05) is 12.8 Å². The van der Waals surface area contributed by atoms with Crippen LogP contribution < -0.4 is 5.32 Å². The number of aliphatic hydroxyl groups is 2. The van der Waals surface area contributed by atoms with E-state index >= 15 is 0 Å². The number of aliphatic hydroxyl groups excluding tert-OH is 2. The minimum atomic E-state index is -0.662. The molecule has 6 nitrogen and oxygen atoms in total. The molecule has 468 valence electrons. The van der Waals surface area contributed by atoms with Crippen molar-refractivity contribution in [1.29, 1.82) is 0 Å². The zero-order chi connectivity index (χ0) is 57.1. The molecule has 0 aliphatic rings. The Morgan fingerprint density at radius 2 is 0.658 bits per heavy atom. The number of allylic oxidation sites excluding steroid dienone is 4. The minimum Gasteiger partial charge on any atom is -0.466 e. The molecule has 1 amide bonds. The Kier molecular flexibility index (Phi) is 67.4. The summed E-state index contributed by atoms with van der Waals surface area (Å²) in [5.74, 6) is -0.0215. The van der Waals surface area contributed by atoms with Crippen molar-refractivity contribution < 1.29 is 24.5 Å². The highest BCUT2D eigenvalue weighted by molar-refractivity contribution is 5.76. The van der Waals surface area contributed by atoms with Crippen LogP contribution in [0.2, 0.25) is 0 Å². The normalized spacial score (nSPS) is 12.6. The molecule has 0 aromatic carbocycles. The summed E-state index contributed by atoms with van der Waals surface area (Å²) in [6, 6.07) is -0.539. The zero-order valence-corrected chi connectivity index (χ0v) is 53.6. The summed E-state index contributed by atoms with van der Waals surface area (Å²) in [6.07, 6.45) is 86.7. The molecule has 2 atom stereocenters. The molecule has 0 heterocycles. The van der Waals surface area contributed by atoms with E-state index in [1.54, 1.807) is 0 Å². The number of nitrogens with one attached hydrogen (secondary N) is 1. The summed E-state index contributed by atoms with van der Waals surface area (Å²) < 4.78 is 5.48. The smallest absolute Gasteiger partial charge is 0.305 e. The summed E-state index contributed by atoms with van der Waals surface area (Å²) in [5, 5.41) is 23.4. The Morgan fingerprint density at radius 3 is 1.01 bits per heavy atom. The molecule has 0 aromatic heterocycles. The third-order valence-corrected chi connectivity index (χ3v) is 17.0. The molecule has 0 bridgehead atoms.